The van der Waals surface area contributed by atoms with Gasteiger partial charge in [-0.25, -0.2) is 8.42 Å². The minimum Gasteiger partial charge on any atom is -0.369 e. The first-order chi connectivity index (χ1) is 10.4. The van der Waals surface area contributed by atoms with Crippen LogP contribution in [-0.4, -0.2) is 20.6 Å². The van der Waals surface area contributed by atoms with Crippen LogP contribution in [0.15, 0.2) is 68.5 Å². The summed E-state index contributed by atoms with van der Waals surface area (Å²) in [7, 11) is -3.64. The van der Waals surface area contributed by atoms with Crippen LogP contribution < -0.4 is 11.5 Å². The number of hydrogen-bond donors (Lipinski definition) is 2. The van der Waals surface area contributed by atoms with Crippen molar-refractivity contribution in [2.75, 3.05) is 0 Å². The van der Waals surface area contributed by atoms with Crippen molar-refractivity contribution in [2.24, 2.45) is 21.7 Å². The molecule has 4 N–H and O–H groups in total. The first-order valence-corrected chi connectivity index (χ1v) is 7.92. The van der Waals surface area contributed by atoms with E-state index in [0.29, 0.717) is 5.56 Å². The van der Waals surface area contributed by atoms with Gasteiger partial charge in [-0.15, -0.1) is 5.10 Å². The number of guanidine groups is 1. The largest absolute Gasteiger partial charge is 0.369 e. The van der Waals surface area contributed by atoms with Gasteiger partial charge in [0.1, 0.15) is 0 Å². The maximum Gasteiger partial charge on any atom is 0.211 e. The van der Waals surface area contributed by atoms with Crippen LogP contribution in [0.5, 0.6) is 0 Å². The van der Waals surface area contributed by atoms with Crippen LogP contribution in [-0.2, 0) is 9.84 Å². The zero-order valence-electron chi connectivity index (χ0n) is 12.0. The van der Waals surface area contributed by atoms with Gasteiger partial charge in [-0.3, -0.25) is 0 Å². The molecule has 0 atom stereocenters. The molecular weight excluding hydrogens is 300 g/mol. The molecule has 0 bridgehead atoms. The molecule has 0 saturated carbocycles. The van der Waals surface area contributed by atoms with Gasteiger partial charge in [-0.05, 0) is 25.1 Å². The van der Waals surface area contributed by atoms with Crippen LogP contribution >= 0.6 is 0 Å². The van der Waals surface area contributed by atoms with Crippen molar-refractivity contribution in [3.63, 3.8) is 0 Å². The first kappa shape index (κ1) is 15.7. The molecule has 114 valence electrons. The van der Waals surface area contributed by atoms with Gasteiger partial charge in [0.25, 0.3) is 0 Å². The number of benzene rings is 2. The lowest BCUT2D eigenvalue weighted by Gasteiger charge is -2.07. The summed E-state index contributed by atoms with van der Waals surface area (Å²) in [6.45, 7) is 1.90. The van der Waals surface area contributed by atoms with E-state index < -0.39 is 9.84 Å². The fourth-order valence-corrected chi connectivity index (χ4v) is 3.27. The number of nitrogens with two attached hydrogens (primary N) is 2. The van der Waals surface area contributed by atoms with Gasteiger partial charge in [0.15, 0.2) is 0 Å². The molecule has 0 heterocycles. The summed E-state index contributed by atoms with van der Waals surface area (Å²) in [4.78, 5) is 0.370. The summed E-state index contributed by atoms with van der Waals surface area (Å²) in [5.74, 6) is -0.199. The van der Waals surface area contributed by atoms with Crippen molar-refractivity contribution >= 4 is 22.0 Å². The Hall–Kier alpha value is -2.67. The van der Waals surface area contributed by atoms with Crippen molar-refractivity contribution in [3.8, 4) is 0 Å². The molecule has 0 spiro atoms. The maximum absolute atomic E-state index is 12.7. The molecule has 0 unspecified atom stereocenters. The van der Waals surface area contributed by atoms with E-state index >= 15 is 0 Å². The zero-order chi connectivity index (χ0) is 16.2. The second kappa shape index (κ2) is 6.40. The van der Waals surface area contributed by atoms with Crippen LogP contribution in [0.3, 0.4) is 0 Å². The predicted molar refractivity (Wildman–Crippen MR) is 86.5 cm³/mol. The summed E-state index contributed by atoms with van der Waals surface area (Å²) in [5.41, 5.74) is 11.8. The highest BCUT2D eigenvalue weighted by atomic mass is 32.2. The molecule has 0 radical (unpaired) electrons. The Morgan fingerprint density at radius 2 is 1.68 bits per heavy atom. The number of rotatable bonds is 4. The van der Waals surface area contributed by atoms with Gasteiger partial charge < -0.3 is 11.5 Å². The molecule has 7 heteroatoms. The fraction of sp³-hybridized carbons (Fsp3) is 0.0667. The van der Waals surface area contributed by atoms with Crippen molar-refractivity contribution in [2.45, 2.75) is 16.7 Å². The van der Waals surface area contributed by atoms with Crippen LogP contribution in [0.4, 0.5) is 0 Å². The number of aryl methyl sites for hydroxylation is 1. The smallest absolute Gasteiger partial charge is 0.211 e. The lowest BCUT2D eigenvalue weighted by molar-refractivity contribution is 0.596. The Morgan fingerprint density at radius 1 is 1.05 bits per heavy atom. The summed E-state index contributed by atoms with van der Waals surface area (Å²) < 4.78 is 25.4. The van der Waals surface area contributed by atoms with Crippen molar-refractivity contribution < 1.29 is 8.42 Å². The van der Waals surface area contributed by atoms with E-state index in [1.165, 1.54) is 12.3 Å². The fourth-order valence-electron chi connectivity index (χ4n) is 1.83. The van der Waals surface area contributed by atoms with Crippen molar-refractivity contribution in [1.29, 1.82) is 0 Å². The van der Waals surface area contributed by atoms with Gasteiger partial charge >= 0.3 is 0 Å². The van der Waals surface area contributed by atoms with E-state index in [1.54, 1.807) is 42.5 Å². The van der Waals surface area contributed by atoms with E-state index in [0.717, 1.165) is 5.56 Å². The SMILES string of the molecule is Cc1ccc(S(=O)(=O)c2ccccc2C=NN=C(N)N)cc1. The second-order valence-corrected chi connectivity index (χ2v) is 6.54. The maximum atomic E-state index is 12.7. The Balaban J connectivity index is 2.50. The first-order valence-electron chi connectivity index (χ1n) is 6.44. The van der Waals surface area contributed by atoms with Gasteiger partial charge in [0, 0.05) is 5.56 Å². The molecule has 0 aliphatic rings. The molecule has 0 aromatic heterocycles. The predicted octanol–water partition coefficient (Wildman–Crippen LogP) is 1.44. The molecule has 2 aromatic carbocycles. The molecule has 6 nitrogen and oxygen atoms in total. The highest BCUT2D eigenvalue weighted by Crippen LogP contribution is 2.23. The third-order valence-corrected chi connectivity index (χ3v) is 4.75. The average Bonchev–Trinajstić information content (AvgIpc) is 2.48. The minimum absolute atomic E-state index is 0.147. The van der Waals surface area contributed by atoms with E-state index in [4.69, 9.17) is 11.5 Å². The number of nitrogens with zero attached hydrogens (tertiary/aromatic N) is 2. The molecule has 0 fully saturated rings. The second-order valence-electron chi connectivity index (χ2n) is 4.62. The van der Waals surface area contributed by atoms with E-state index in [1.807, 2.05) is 6.92 Å². The van der Waals surface area contributed by atoms with Crippen molar-refractivity contribution in [1.82, 2.24) is 0 Å². The summed E-state index contributed by atoms with van der Waals surface area (Å²) in [5, 5.41) is 7.15. The monoisotopic (exact) mass is 316 g/mol. The third-order valence-electron chi connectivity index (χ3n) is 2.91. The molecule has 0 saturated heterocycles. The molecule has 0 aliphatic carbocycles. The third kappa shape index (κ3) is 3.50. The van der Waals surface area contributed by atoms with Gasteiger partial charge in [0.05, 0.1) is 16.0 Å². The normalized spacial score (nSPS) is 11.5. The molecule has 0 aliphatic heterocycles. The Kier molecular flexibility index (Phi) is 4.57. The van der Waals surface area contributed by atoms with E-state index in [-0.39, 0.29) is 15.8 Å². The highest BCUT2D eigenvalue weighted by molar-refractivity contribution is 7.91. The lowest BCUT2D eigenvalue weighted by atomic mass is 10.2. The Bertz CT molecular complexity index is 821. The molecule has 2 aromatic rings. The Morgan fingerprint density at radius 3 is 2.32 bits per heavy atom. The summed E-state index contributed by atoms with van der Waals surface area (Å²) in [6, 6.07) is 13.2. The molecule has 22 heavy (non-hydrogen) atoms. The van der Waals surface area contributed by atoms with Crippen molar-refractivity contribution in [3.05, 3.63) is 59.7 Å². The lowest BCUT2D eigenvalue weighted by Crippen LogP contribution is -2.21. The zero-order valence-corrected chi connectivity index (χ0v) is 12.8. The van der Waals surface area contributed by atoms with Gasteiger partial charge in [0.2, 0.25) is 15.8 Å². The molecule has 2 rings (SSSR count). The summed E-state index contributed by atoms with van der Waals surface area (Å²) in [6.07, 6.45) is 1.31. The van der Waals surface area contributed by atoms with E-state index in [9.17, 15) is 8.42 Å². The van der Waals surface area contributed by atoms with Gasteiger partial charge in [-0.1, -0.05) is 35.9 Å². The number of hydrogen-bond acceptors (Lipinski definition) is 4. The minimum atomic E-state index is -3.64. The van der Waals surface area contributed by atoms with Crippen LogP contribution in [0.25, 0.3) is 0 Å². The van der Waals surface area contributed by atoms with Crippen LogP contribution in [0, 0.1) is 6.92 Å². The standard InChI is InChI=1S/C15H16N4O2S/c1-11-6-8-13(9-7-11)22(20,21)14-5-3-2-4-12(14)10-18-19-15(16)17/h2-10H,1H3,(H4,16,17,19). The molecular formula is C15H16N4O2S. The molecule has 0 amide bonds. The Labute approximate surface area is 129 Å². The highest BCUT2D eigenvalue weighted by Gasteiger charge is 2.20. The topological polar surface area (TPSA) is 111 Å². The number of sulfone groups is 1. The van der Waals surface area contributed by atoms with Crippen LogP contribution in [0.2, 0.25) is 0 Å². The quantitative estimate of drug-likeness (QED) is 0.505. The van der Waals surface area contributed by atoms with E-state index in [2.05, 4.69) is 10.2 Å². The average molecular weight is 316 g/mol. The summed E-state index contributed by atoms with van der Waals surface area (Å²) >= 11 is 0. The van der Waals surface area contributed by atoms with Crippen LogP contribution in [0.1, 0.15) is 11.1 Å². The van der Waals surface area contributed by atoms with Gasteiger partial charge in [-0.2, -0.15) is 5.10 Å².